The van der Waals surface area contributed by atoms with Gasteiger partial charge in [0.25, 0.3) is 0 Å². The highest BCUT2D eigenvalue weighted by molar-refractivity contribution is 9.11. The maximum atomic E-state index is 12.0. The number of hydrogen-bond donors (Lipinski definition) is 1. The van der Waals surface area contributed by atoms with Gasteiger partial charge in [-0.15, -0.1) is 0 Å². The molecule has 0 aliphatic carbocycles. The minimum atomic E-state index is -0.0198. The van der Waals surface area contributed by atoms with E-state index in [4.69, 9.17) is 0 Å². The van der Waals surface area contributed by atoms with E-state index in [1.54, 1.807) is 0 Å². The third-order valence-electron chi connectivity index (χ3n) is 2.74. The van der Waals surface area contributed by atoms with Gasteiger partial charge < -0.3 is 5.32 Å². The Morgan fingerprint density at radius 3 is 2.47 bits per heavy atom. The predicted molar refractivity (Wildman–Crippen MR) is 85.4 cm³/mol. The molecule has 0 bridgehead atoms. The summed E-state index contributed by atoms with van der Waals surface area (Å²) in [4.78, 5) is 12.0. The van der Waals surface area contributed by atoms with Gasteiger partial charge in [-0.25, -0.2) is 0 Å². The molecule has 0 atom stereocenters. The summed E-state index contributed by atoms with van der Waals surface area (Å²) in [6, 6.07) is 13.6. The minimum Gasteiger partial charge on any atom is -0.325 e. The van der Waals surface area contributed by atoms with E-state index in [-0.39, 0.29) is 5.91 Å². The van der Waals surface area contributed by atoms with Crippen molar-refractivity contribution in [3.8, 4) is 0 Å². The summed E-state index contributed by atoms with van der Waals surface area (Å²) in [6.07, 6.45) is 0.369. The van der Waals surface area contributed by atoms with Crippen molar-refractivity contribution in [3.05, 3.63) is 62.5 Å². The number of nitrogens with one attached hydrogen (secondary N) is 1. The van der Waals surface area contributed by atoms with Crippen LogP contribution >= 0.6 is 31.9 Å². The van der Waals surface area contributed by atoms with Crippen molar-refractivity contribution in [2.75, 3.05) is 5.32 Å². The summed E-state index contributed by atoms with van der Waals surface area (Å²) >= 11 is 6.86. The lowest BCUT2D eigenvalue weighted by Crippen LogP contribution is -2.14. The molecule has 0 radical (unpaired) electrons. The number of benzene rings is 2. The zero-order valence-electron chi connectivity index (χ0n) is 10.4. The fourth-order valence-corrected chi connectivity index (χ4v) is 2.35. The molecular weight excluding hydrogens is 370 g/mol. The number of carbonyl (C=O) groups excluding carboxylic acids is 1. The first kappa shape index (κ1) is 14.3. The molecule has 0 aliphatic rings. The second kappa shape index (κ2) is 6.35. The first-order chi connectivity index (χ1) is 9.06. The minimum absolute atomic E-state index is 0.0198. The zero-order chi connectivity index (χ0) is 13.8. The van der Waals surface area contributed by atoms with Crippen LogP contribution < -0.4 is 5.32 Å². The van der Waals surface area contributed by atoms with Crippen molar-refractivity contribution in [3.63, 3.8) is 0 Å². The molecule has 0 heterocycles. The van der Waals surface area contributed by atoms with Crippen molar-refractivity contribution in [1.29, 1.82) is 0 Å². The predicted octanol–water partition coefficient (Wildman–Crippen LogP) is 4.70. The largest absolute Gasteiger partial charge is 0.325 e. The van der Waals surface area contributed by atoms with E-state index in [2.05, 4.69) is 37.2 Å². The van der Waals surface area contributed by atoms with Crippen LogP contribution in [0.15, 0.2) is 51.4 Å². The molecule has 19 heavy (non-hydrogen) atoms. The third kappa shape index (κ3) is 3.91. The van der Waals surface area contributed by atoms with E-state index in [0.717, 1.165) is 25.8 Å². The fourth-order valence-electron chi connectivity index (χ4n) is 1.73. The van der Waals surface area contributed by atoms with E-state index < -0.39 is 0 Å². The summed E-state index contributed by atoms with van der Waals surface area (Å²) in [5, 5.41) is 2.92. The Morgan fingerprint density at radius 2 is 1.79 bits per heavy atom. The fraction of sp³-hybridized carbons (Fsp3) is 0.133. The Hall–Kier alpha value is -1.13. The lowest BCUT2D eigenvalue weighted by Gasteiger charge is -2.09. The number of aryl methyl sites for hydroxylation is 1. The number of halogens is 2. The Balaban J connectivity index is 2.05. The molecule has 0 aliphatic heterocycles. The summed E-state index contributed by atoms with van der Waals surface area (Å²) in [6.45, 7) is 1.99. The van der Waals surface area contributed by atoms with Crippen LogP contribution in [-0.2, 0) is 11.2 Å². The van der Waals surface area contributed by atoms with Crippen LogP contribution in [0.3, 0.4) is 0 Å². The average Bonchev–Trinajstić information content (AvgIpc) is 2.38. The van der Waals surface area contributed by atoms with Gasteiger partial charge in [0, 0.05) is 8.95 Å². The summed E-state index contributed by atoms with van der Waals surface area (Å²) in [7, 11) is 0. The molecule has 2 aromatic rings. The van der Waals surface area contributed by atoms with Gasteiger partial charge in [-0.05, 0) is 52.2 Å². The van der Waals surface area contributed by atoms with E-state index in [1.165, 1.54) is 0 Å². The highest BCUT2D eigenvalue weighted by atomic mass is 79.9. The highest BCUT2D eigenvalue weighted by Crippen LogP contribution is 2.25. The molecule has 98 valence electrons. The van der Waals surface area contributed by atoms with Crippen LogP contribution in [0.1, 0.15) is 11.1 Å². The van der Waals surface area contributed by atoms with Gasteiger partial charge in [0.15, 0.2) is 0 Å². The Kier molecular flexibility index (Phi) is 4.77. The molecule has 1 N–H and O–H groups in total. The summed E-state index contributed by atoms with van der Waals surface area (Å²) in [5.41, 5.74) is 2.90. The monoisotopic (exact) mass is 381 g/mol. The number of amides is 1. The van der Waals surface area contributed by atoms with Gasteiger partial charge in [0.2, 0.25) is 5.91 Å². The van der Waals surface area contributed by atoms with Gasteiger partial charge >= 0.3 is 0 Å². The number of carbonyl (C=O) groups is 1. The average molecular weight is 383 g/mol. The molecule has 0 aromatic heterocycles. The Morgan fingerprint density at radius 1 is 1.11 bits per heavy atom. The van der Waals surface area contributed by atoms with Crippen molar-refractivity contribution in [2.24, 2.45) is 0 Å². The smallest absolute Gasteiger partial charge is 0.228 e. The van der Waals surface area contributed by atoms with Gasteiger partial charge in [0.1, 0.15) is 0 Å². The third-order valence-corrected chi connectivity index (χ3v) is 4.33. The van der Waals surface area contributed by atoms with Crippen molar-refractivity contribution in [2.45, 2.75) is 13.3 Å². The van der Waals surface area contributed by atoms with Crippen LogP contribution in [0.2, 0.25) is 0 Å². The van der Waals surface area contributed by atoms with E-state index >= 15 is 0 Å². The maximum absolute atomic E-state index is 12.0. The van der Waals surface area contributed by atoms with E-state index in [9.17, 15) is 4.79 Å². The van der Waals surface area contributed by atoms with Crippen LogP contribution in [-0.4, -0.2) is 5.91 Å². The maximum Gasteiger partial charge on any atom is 0.228 e. The van der Waals surface area contributed by atoms with Crippen LogP contribution in [0.25, 0.3) is 0 Å². The quantitative estimate of drug-likeness (QED) is 0.818. The van der Waals surface area contributed by atoms with Crippen LogP contribution in [0.5, 0.6) is 0 Å². The van der Waals surface area contributed by atoms with E-state index in [1.807, 2.05) is 49.4 Å². The topological polar surface area (TPSA) is 29.1 Å². The molecular formula is C15H13Br2NO. The molecule has 2 aromatic carbocycles. The number of rotatable bonds is 3. The molecule has 1 amide bonds. The van der Waals surface area contributed by atoms with Gasteiger partial charge in [0.05, 0.1) is 12.1 Å². The van der Waals surface area contributed by atoms with Crippen molar-refractivity contribution < 1.29 is 4.79 Å². The van der Waals surface area contributed by atoms with Crippen molar-refractivity contribution >= 4 is 43.5 Å². The second-order valence-electron chi connectivity index (χ2n) is 4.29. The second-order valence-corrected chi connectivity index (χ2v) is 6.00. The molecule has 0 saturated carbocycles. The molecule has 0 unspecified atom stereocenters. The number of hydrogen-bond acceptors (Lipinski definition) is 1. The molecule has 0 spiro atoms. The van der Waals surface area contributed by atoms with Gasteiger partial charge in [-0.2, -0.15) is 0 Å². The molecule has 0 saturated heterocycles. The lowest BCUT2D eigenvalue weighted by atomic mass is 10.1. The van der Waals surface area contributed by atoms with Gasteiger partial charge in [-0.1, -0.05) is 40.2 Å². The first-order valence-electron chi connectivity index (χ1n) is 5.85. The van der Waals surface area contributed by atoms with E-state index in [0.29, 0.717) is 6.42 Å². The lowest BCUT2D eigenvalue weighted by molar-refractivity contribution is -0.115. The Labute approximate surface area is 129 Å². The van der Waals surface area contributed by atoms with Crippen LogP contribution in [0, 0.1) is 6.92 Å². The summed E-state index contributed by atoms with van der Waals surface area (Å²) in [5.74, 6) is -0.0198. The molecule has 4 heteroatoms. The number of anilines is 1. The summed E-state index contributed by atoms with van der Waals surface area (Å²) < 4.78 is 1.94. The Bertz CT molecular complexity index is 594. The van der Waals surface area contributed by atoms with Crippen molar-refractivity contribution in [1.82, 2.24) is 0 Å². The SMILES string of the molecule is Cc1cccc(NC(=O)Cc2ccc(Br)cc2)c1Br. The normalized spacial score (nSPS) is 10.3. The van der Waals surface area contributed by atoms with Gasteiger partial charge in [-0.3, -0.25) is 4.79 Å². The van der Waals surface area contributed by atoms with Crippen LogP contribution in [0.4, 0.5) is 5.69 Å². The standard InChI is InChI=1S/C15H13Br2NO/c1-10-3-2-4-13(15(10)17)18-14(19)9-11-5-7-12(16)8-6-11/h2-8H,9H2,1H3,(H,18,19). The first-order valence-corrected chi connectivity index (χ1v) is 7.44. The zero-order valence-corrected chi connectivity index (χ0v) is 13.6. The highest BCUT2D eigenvalue weighted by Gasteiger charge is 2.07. The molecule has 2 nitrogen and oxygen atoms in total. The molecule has 2 rings (SSSR count). The molecule has 0 fully saturated rings.